The van der Waals surface area contributed by atoms with Gasteiger partial charge >= 0.3 is 0 Å². The van der Waals surface area contributed by atoms with Gasteiger partial charge in [-0.25, -0.2) is 4.39 Å². The summed E-state index contributed by atoms with van der Waals surface area (Å²) >= 11 is 0. The van der Waals surface area contributed by atoms with Crippen LogP contribution in [0.2, 0.25) is 0 Å². The maximum atomic E-state index is 13.1. The zero-order valence-corrected chi connectivity index (χ0v) is 12.1. The van der Waals surface area contributed by atoms with Gasteiger partial charge in [0.05, 0.1) is 15.7 Å². The van der Waals surface area contributed by atoms with Crippen molar-refractivity contribution in [2.45, 2.75) is 31.7 Å². The van der Waals surface area contributed by atoms with Crippen LogP contribution in [0, 0.1) is 11.7 Å². The van der Waals surface area contributed by atoms with E-state index in [1.807, 2.05) is 20.8 Å². The van der Waals surface area contributed by atoms with Gasteiger partial charge in [-0.2, -0.15) is 0 Å². The molecule has 0 aliphatic carbocycles. The molecular weight excluding hydrogens is 267 g/mol. The minimum Gasteiger partial charge on any atom is -0.398 e. The van der Waals surface area contributed by atoms with E-state index < -0.39 is 16.6 Å². The largest absolute Gasteiger partial charge is 0.398 e. The van der Waals surface area contributed by atoms with Gasteiger partial charge in [-0.3, -0.25) is 9.00 Å². The van der Waals surface area contributed by atoms with Gasteiger partial charge < -0.3 is 11.1 Å². The first-order valence-corrected chi connectivity index (χ1v) is 7.36. The number of nitrogens with one attached hydrogen (secondary N) is 1. The lowest BCUT2D eigenvalue weighted by Crippen LogP contribution is -2.38. The second-order valence-electron chi connectivity index (χ2n) is 4.77. The molecule has 0 saturated heterocycles. The van der Waals surface area contributed by atoms with Gasteiger partial charge in [-0.05, 0) is 31.0 Å². The van der Waals surface area contributed by atoms with Crippen LogP contribution in [-0.2, 0) is 15.6 Å². The highest BCUT2D eigenvalue weighted by atomic mass is 32.2. The van der Waals surface area contributed by atoms with Crippen molar-refractivity contribution in [2.24, 2.45) is 5.92 Å². The summed E-state index contributed by atoms with van der Waals surface area (Å²) in [4.78, 5) is 11.9. The topological polar surface area (TPSA) is 72.2 Å². The summed E-state index contributed by atoms with van der Waals surface area (Å²) in [6.07, 6.45) is 0. The number of nitrogen functional groups attached to an aromatic ring is 1. The van der Waals surface area contributed by atoms with Crippen molar-refractivity contribution in [3.63, 3.8) is 0 Å². The monoisotopic (exact) mass is 286 g/mol. The Morgan fingerprint density at radius 3 is 2.63 bits per heavy atom. The number of hydrogen-bond donors (Lipinski definition) is 2. The molecule has 1 rings (SSSR count). The molecule has 0 spiro atoms. The molecular formula is C13H19FN2O2S. The molecule has 0 fully saturated rings. The van der Waals surface area contributed by atoms with Crippen LogP contribution in [0.15, 0.2) is 23.1 Å². The number of carbonyl (C=O) groups is 1. The predicted molar refractivity (Wildman–Crippen MR) is 74.5 cm³/mol. The molecule has 2 atom stereocenters. The Kier molecular flexibility index (Phi) is 5.47. The number of rotatable bonds is 5. The van der Waals surface area contributed by atoms with E-state index in [9.17, 15) is 13.4 Å². The maximum absolute atomic E-state index is 13.1. The SMILES string of the molecule is CC(C)C(C)NC(=O)CS(=O)c1cc(F)ccc1N. The molecule has 1 aromatic carbocycles. The minimum absolute atomic E-state index is 0.00523. The van der Waals surface area contributed by atoms with Gasteiger partial charge in [0.2, 0.25) is 5.91 Å². The maximum Gasteiger partial charge on any atom is 0.233 e. The first-order valence-electron chi connectivity index (χ1n) is 6.04. The van der Waals surface area contributed by atoms with Crippen LogP contribution in [0.1, 0.15) is 20.8 Å². The molecule has 2 unspecified atom stereocenters. The molecule has 0 heterocycles. The van der Waals surface area contributed by atoms with E-state index in [2.05, 4.69) is 5.32 Å². The van der Waals surface area contributed by atoms with Crippen molar-refractivity contribution in [2.75, 3.05) is 11.5 Å². The molecule has 6 heteroatoms. The minimum atomic E-state index is -1.64. The fraction of sp³-hybridized carbons (Fsp3) is 0.462. The van der Waals surface area contributed by atoms with Crippen molar-refractivity contribution in [3.8, 4) is 0 Å². The number of amides is 1. The standard InChI is InChI=1S/C13H19FN2O2S/c1-8(2)9(3)16-13(17)7-19(18)12-6-10(14)4-5-11(12)15/h4-6,8-9H,7,15H2,1-3H3,(H,16,17). The number of anilines is 1. The Labute approximate surface area is 115 Å². The van der Waals surface area contributed by atoms with E-state index in [1.54, 1.807) is 0 Å². The third kappa shape index (κ3) is 4.63. The molecule has 0 bridgehead atoms. The fourth-order valence-electron chi connectivity index (χ4n) is 1.36. The summed E-state index contributed by atoms with van der Waals surface area (Å²) in [6.45, 7) is 5.83. The smallest absolute Gasteiger partial charge is 0.233 e. The quantitative estimate of drug-likeness (QED) is 0.809. The predicted octanol–water partition coefficient (Wildman–Crippen LogP) is 1.68. The average molecular weight is 286 g/mol. The first-order chi connectivity index (χ1) is 8.81. The van der Waals surface area contributed by atoms with Gasteiger partial charge in [-0.15, -0.1) is 0 Å². The van der Waals surface area contributed by atoms with Gasteiger partial charge in [0.15, 0.2) is 0 Å². The van der Waals surface area contributed by atoms with Crippen LogP contribution in [0.5, 0.6) is 0 Å². The summed E-state index contributed by atoms with van der Waals surface area (Å²) in [5.74, 6) is -0.779. The fourth-order valence-corrected chi connectivity index (χ4v) is 2.42. The highest BCUT2D eigenvalue weighted by Crippen LogP contribution is 2.17. The van der Waals surface area contributed by atoms with Gasteiger partial charge in [0.25, 0.3) is 0 Å². The summed E-state index contributed by atoms with van der Waals surface area (Å²) in [5.41, 5.74) is 5.85. The molecule has 106 valence electrons. The number of benzene rings is 1. The van der Waals surface area contributed by atoms with E-state index in [0.717, 1.165) is 6.07 Å². The van der Waals surface area contributed by atoms with Gasteiger partial charge in [-0.1, -0.05) is 13.8 Å². The number of hydrogen-bond acceptors (Lipinski definition) is 3. The molecule has 0 saturated carbocycles. The molecule has 0 aliphatic rings. The molecule has 0 aromatic heterocycles. The molecule has 1 aromatic rings. The van der Waals surface area contributed by atoms with E-state index in [1.165, 1.54) is 12.1 Å². The number of carbonyl (C=O) groups excluding carboxylic acids is 1. The second-order valence-corrected chi connectivity index (χ2v) is 6.19. The van der Waals surface area contributed by atoms with Crippen LogP contribution in [0.4, 0.5) is 10.1 Å². The third-order valence-electron chi connectivity index (χ3n) is 2.87. The van der Waals surface area contributed by atoms with E-state index in [0.29, 0.717) is 0 Å². The lowest BCUT2D eigenvalue weighted by Gasteiger charge is -2.17. The van der Waals surface area contributed by atoms with Gasteiger partial charge in [0.1, 0.15) is 11.6 Å². The molecule has 0 aliphatic heterocycles. The Hall–Kier alpha value is -1.43. The average Bonchev–Trinajstić information content (AvgIpc) is 2.31. The van der Waals surface area contributed by atoms with E-state index in [-0.39, 0.29) is 34.2 Å². The highest BCUT2D eigenvalue weighted by Gasteiger charge is 2.16. The van der Waals surface area contributed by atoms with Crippen molar-refractivity contribution in [3.05, 3.63) is 24.0 Å². The van der Waals surface area contributed by atoms with Crippen molar-refractivity contribution >= 4 is 22.4 Å². The normalized spacial score (nSPS) is 14.2. The Morgan fingerprint density at radius 2 is 2.05 bits per heavy atom. The lowest BCUT2D eigenvalue weighted by atomic mass is 10.1. The second kappa shape index (κ2) is 6.65. The van der Waals surface area contributed by atoms with E-state index >= 15 is 0 Å². The third-order valence-corrected chi connectivity index (χ3v) is 4.24. The Morgan fingerprint density at radius 1 is 1.42 bits per heavy atom. The van der Waals surface area contributed by atoms with Crippen molar-refractivity contribution in [1.82, 2.24) is 5.32 Å². The number of nitrogens with two attached hydrogens (primary N) is 1. The zero-order chi connectivity index (χ0) is 14.6. The first kappa shape index (κ1) is 15.6. The highest BCUT2D eigenvalue weighted by molar-refractivity contribution is 7.86. The summed E-state index contributed by atoms with van der Waals surface area (Å²) in [5, 5.41) is 2.75. The van der Waals surface area contributed by atoms with Crippen LogP contribution < -0.4 is 11.1 Å². The summed E-state index contributed by atoms with van der Waals surface area (Å²) in [7, 11) is -1.64. The Balaban J connectivity index is 2.69. The van der Waals surface area contributed by atoms with Crippen molar-refractivity contribution in [1.29, 1.82) is 0 Å². The van der Waals surface area contributed by atoms with Crippen LogP contribution in [0.3, 0.4) is 0 Å². The summed E-state index contributed by atoms with van der Waals surface area (Å²) < 4.78 is 25.1. The van der Waals surface area contributed by atoms with Crippen LogP contribution in [0.25, 0.3) is 0 Å². The summed E-state index contributed by atoms with van der Waals surface area (Å²) in [6, 6.07) is 3.63. The lowest BCUT2D eigenvalue weighted by molar-refractivity contribution is -0.119. The van der Waals surface area contributed by atoms with Gasteiger partial charge in [0, 0.05) is 11.7 Å². The molecule has 19 heavy (non-hydrogen) atoms. The molecule has 0 radical (unpaired) electrons. The number of halogens is 1. The molecule has 4 nitrogen and oxygen atoms in total. The van der Waals surface area contributed by atoms with Crippen molar-refractivity contribution < 1.29 is 13.4 Å². The van der Waals surface area contributed by atoms with E-state index in [4.69, 9.17) is 5.73 Å². The Bertz CT molecular complexity index is 492. The molecule has 3 N–H and O–H groups in total. The van der Waals surface area contributed by atoms with Crippen LogP contribution in [-0.4, -0.2) is 21.9 Å². The molecule has 1 amide bonds. The van der Waals surface area contributed by atoms with Crippen LogP contribution >= 0.6 is 0 Å². The zero-order valence-electron chi connectivity index (χ0n) is 11.3.